The van der Waals surface area contributed by atoms with E-state index < -0.39 is 0 Å². The van der Waals surface area contributed by atoms with Crippen LogP contribution in [0.3, 0.4) is 0 Å². The average molecular weight is 193 g/mol. The van der Waals surface area contributed by atoms with Crippen LogP contribution in [0, 0.1) is 12.3 Å². The topological polar surface area (TPSA) is 12.9 Å². The lowest BCUT2D eigenvalue weighted by molar-refractivity contribution is 0.933. The van der Waals surface area contributed by atoms with Crippen molar-refractivity contribution >= 4 is 10.9 Å². The van der Waals surface area contributed by atoms with Crippen LogP contribution >= 0.6 is 0 Å². The van der Waals surface area contributed by atoms with Gasteiger partial charge in [0.05, 0.1) is 10.9 Å². The minimum absolute atomic E-state index is 0.0318. The van der Waals surface area contributed by atoms with Crippen molar-refractivity contribution in [2.45, 2.75) is 18.3 Å². The number of benzene rings is 1. The minimum Gasteiger partial charge on any atom is -0.256 e. The van der Waals surface area contributed by atoms with Gasteiger partial charge in [-0.05, 0) is 36.6 Å². The van der Waals surface area contributed by atoms with Crippen molar-refractivity contribution in [2.24, 2.45) is 0 Å². The molecule has 15 heavy (non-hydrogen) atoms. The zero-order valence-corrected chi connectivity index (χ0v) is 8.40. The van der Waals surface area contributed by atoms with E-state index in [0.717, 1.165) is 18.4 Å². The molecule has 0 spiro atoms. The Kier molecular flexibility index (Phi) is 1.61. The van der Waals surface area contributed by atoms with Gasteiger partial charge in [0, 0.05) is 11.6 Å². The second-order valence-corrected chi connectivity index (χ2v) is 4.14. The van der Waals surface area contributed by atoms with Crippen LogP contribution in [-0.2, 0) is 5.41 Å². The van der Waals surface area contributed by atoms with Gasteiger partial charge in [-0.25, -0.2) is 0 Å². The third-order valence-electron chi connectivity index (χ3n) is 3.18. The monoisotopic (exact) mass is 193 g/mol. The first-order valence-electron chi connectivity index (χ1n) is 5.17. The summed E-state index contributed by atoms with van der Waals surface area (Å²) < 4.78 is 0. The van der Waals surface area contributed by atoms with E-state index in [1.807, 2.05) is 12.3 Å². The second-order valence-electron chi connectivity index (χ2n) is 4.14. The predicted octanol–water partition coefficient (Wildman–Crippen LogP) is 2.90. The number of nitrogens with zero attached hydrogens (tertiary/aromatic N) is 1. The van der Waals surface area contributed by atoms with Gasteiger partial charge in [0.2, 0.25) is 0 Å². The summed E-state index contributed by atoms with van der Waals surface area (Å²) in [5.41, 5.74) is 2.34. The summed E-state index contributed by atoms with van der Waals surface area (Å²) in [5.74, 6) is 2.91. The molecular formula is C14H11N. The number of pyridine rings is 1. The summed E-state index contributed by atoms with van der Waals surface area (Å²) in [5, 5.41) is 1.18. The first kappa shape index (κ1) is 8.49. The number of hydrogen-bond acceptors (Lipinski definition) is 1. The number of rotatable bonds is 1. The van der Waals surface area contributed by atoms with Crippen molar-refractivity contribution in [1.82, 2.24) is 4.98 Å². The van der Waals surface area contributed by atoms with Crippen molar-refractivity contribution in [1.29, 1.82) is 0 Å². The second kappa shape index (κ2) is 2.84. The molecule has 1 nitrogen and oxygen atoms in total. The maximum absolute atomic E-state index is 5.58. The maximum Gasteiger partial charge on any atom is 0.0702 e. The first-order chi connectivity index (χ1) is 7.34. The van der Waals surface area contributed by atoms with E-state index in [-0.39, 0.29) is 5.41 Å². The molecule has 1 aliphatic rings. The Labute approximate surface area is 89.2 Å². The van der Waals surface area contributed by atoms with E-state index in [9.17, 15) is 0 Å². The van der Waals surface area contributed by atoms with E-state index in [2.05, 4.69) is 35.2 Å². The number of hydrogen-bond donors (Lipinski definition) is 0. The van der Waals surface area contributed by atoms with Crippen LogP contribution in [0.5, 0.6) is 0 Å². The highest BCUT2D eigenvalue weighted by Gasteiger charge is 2.42. The maximum atomic E-state index is 5.58. The summed E-state index contributed by atoms with van der Waals surface area (Å²) in [6, 6.07) is 10.4. The lowest BCUT2D eigenvalue weighted by Gasteiger charge is -2.08. The fourth-order valence-corrected chi connectivity index (χ4v) is 2.01. The normalized spacial score (nSPS) is 17.3. The molecule has 0 amide bonds. The van der Waals surface area contributed by atoms with Gasteiger partial charge < -0.3 is 0 Å². The molecule has 0 saturated heterocycles. The first-order valence-corrected chi connectivity index (χ1v) is 5.17. The van der Waals surface area contributed by atoms with E-state index >= 15 is 0 Å². The number of terminal acetylenes is 1. The van der Waals surface area contributed by atoms with Crippen LogP contribution in [0.15, 0.2) is 36.5 Å². The highest BCUT2D eigenvalue weighted by molar-refractivity contribution is 5.79. The molecule has 0 unspecified atom stereocenters. The fourth-order valence-electron chi connectivity index (χ4n) is 2.01. The van der Waals surface area contributed by atoms with Crippen LogP contribution in [0.25, 0.3) is 10.9 Å². The third-order valence-corrected chi connectivity index (χ3v) is 3.18. The Morgan fingerprint density at radius 1 is 1.27 bits per heavy atom. The molecule has 1 aromatic heterocycles. The van der Waals surface area contributed by atoms with Gasteiger partial charge in [-0.15, -0.1) is 6.42 Å². The van der Waals surface area contributed by atoms with Crippen LogP contribution in [0.1, 0.15) is 18.4 Å². The van der Waals surface area contributed by atoms with Crippen molar-refractivity contribution < 1.29 is 0 Å². The summed E-state index contributed by atoms with van der Waals surface area (Å²) in [4.78, 5) is 4.30. The predicted molar refractivity (Wildman–Crippen MR) is 61.5 cm³/mol. The summed E-state index contributed by atoms with van der Waals surface area (Å²) in [6.45, 7) is 0. The molecule has 1 fully saturated rings. The van der Waals surface area contributed by atoms with Crippen LogP contribution in [0.4, 0.5) is 0 Å². The van der Waals surface area contributed by atoms with Gasteiger partial charge in [-0.1, -0.05) is 18.1 Å². The largest absolute Gasteiger partial charge is 0.256 e. The molecule has 3 rings (SSSR count). The highest BCUT2D eigenvalue weighted by atomic mass is 14.6. The van der Waals surface area contributed by atoms with E-state index in [4.69, 9.17) is 6.42 Å². The molecule has 2 aromatic rings. The lowest BCUT2D eigenvalue weighted by atomic mass is 9.95. The molecule has 0 atom stereocenters. The van der Waals surface area contributed by atoms with Gasteiger partial charge in [0.15, 0.2) is 0 Å². The smallest absolute Gasteiger partial charge is 0.0702 e. The standard InChI is InChI=1S/C14H11N/c1-2-14(7-8-14)12-5-6-13-11(10-12)4-3-9-15-13/h1,3-6,9-10H,7-8H2. The lowest BCUT2D eigenvalue weighted by Crippen LogP contribution is -2.01. The van der Waals surface area contributed by atoms with Crippen molar-refractivity contribution in [3.63, 3.8) is 0 Å². The summed E-state index contributed by atoms with van der Waals surface area (Å²) in [7, 11) is 0. The van der Waals surface area contributed by atoms with Gasteiger partial charge in [0.1, 0.15) is 0 Å². The SMILES string of the molecule is C#CC1(c2ccc3ncccc3c2)CC1. The van der Waals surface area contributed by atoms with Gasteiger partial charge in [-0.2, -0.15) is 0 Å². The van der Waals surface area contributed by atoms with Gasteiger partial charge in [0.25, 0.3) is 0 Å². The van der Waals surface area contributed by atoms with Crippen molar-refractivity contribution in [2.75, 3.05) is 0 Å². The Morgan fingerprint density at radius 3 is 2.87 bits per heavy atom. The number of fused-ring (bicyclic) bond motifs is 1. The Balaban J connectivity index is 2.19. The molecule has 0 aliphatic heterocycles. The number of aromatic nitrogens is 1. The van der Waals surface area contributed by atoms with Crippen LogP contribution < -0.4 is 0 Å². The van der Waals surface area contributed by atoms with E-state index in [0.29, 0.717) is 0 Å². The summed E-state index contributed by atoms with van der Waals surface area (Å²) >= 11 is 0. The quantitative estimate of drug-likeness (QED) is 0.634. The zero-order chi connectivity index (χ0) is 10.3. The molecule has 1 saturated carbocycles. The third kappa shape index (κ3) is 1.22. The van der Waals surface area contributed by atoms with Gasteiger partial charge in [-0.3, -0.25) is 4.98 Å². The highest BCUT2D eigenvalue weighted by Crippen LogP contribution is 2.47. The molecule has 1 heteroatoms. The van der Waals surface area contributed by atoms with Crippen LogP contribution in [0.2, 0.25) is 0 Å². The molecule has 0 N–H and O–H groups in total. The average Bonchev–Trinajstić information content (AvgIpc) is 3.09. The fraction of sp³-hybridized carbons (Fsp3) is 0.214. The Bertz CT molecular complexity index is 559. The van der Waals surface area contributed by atoms with Crippen molar-refractivity contribution in [3.05, 3.63) is 42.1 Å². The molecule has 1 heterocycles. The molecule has 1 aliphatic carbocycles. The minimum atomic E-state index is 0.0318. The van der Waals surface area contributed by atoms with Gasteiger partial charge >= 0.3 is 0 Å². The van der Waals surface area contributed by atoms with Crippen LogP contribution in [-0.4, -0.2) is 4.98 Å². The zero-order valence-electron chi connectivity index (χ0n) is 8.40. The Hall–Kier alpha value is -1.81. The van der Waals surface area contributed by atoms with E-state index in [1.54, 1.807) is 0 Å². The molecule has 72 valence electrons. The molecule has 0 radical (unpaired) electrons. The molecular weight excluding hydrogens is 182 g/mol. The van der Waals surface area contributed by atoms with Crippen molar-refractivity contribution in [3.8, 4) is 12.3 Å². The molecule has 1 aromatic carbocycles. The molecule has 0 bridgehead atoms. The van der Waals surface area contributed by atoms with E-state index in [1.165, 1.54) is 10.9 Å². The summed E-state index contributed by atoms with van der Waals surface area (Å²) in [6.07, 6.45) is 9.64. The Morgan fingerprint density at radius 2 is 2.13 bits per heavy atom.